The van der Waals surface area contributed by atoms with Crippen LogP contribution < -0.4 is 5.32 Å². The van der Waals surface area contributed by atoms with Crippen LogP contribution in [-0.4, -0.2) is 6.54 Å². The van der Waals surface area contributed by atoms with E-state index < -0.39 is 0 Å². The second-order valence-corrected chi connectivity index (χ2v) is 6.95. The first-order valence-electron chi connectivity index (χ1n) is 7.44. The molecule has 3 rings (SSSR count). The van der Waals surface area contributed by atoms with Gasteiger partial charge in [-0.2, -0.15) is 0 Å². The lowest BCUT2D eigenvalue weighted by Gasteiger charge is -2.35. The summed E-state index contributed by atoms with van der Waals surface area (Å²) < 4.78 is 1.47. The summed E-state index contributed by atoms with van der Waals surface area (Å²) in [5, 5.41) is 7.38. The number of fused-ring (bicyclic) bond motifs is 1. The van der Waals surface area contributed by atoms with Gasteiger partial charge in [-0.15, -0.1) is 11.3 Å². The van der Waals surface area contributed by atoms with E-state index in [1.807, 2.05) is 11.3 Å². The highest BCUT2D eigenvalue weighted by molar-refractivity contribution is 7.17. The summed E-state index contributed by atoms with van der Waals surface area (Å²) in [6.07, 6.45) is 5.48. The Labute approximate surface area is 120 Å². The Morgan fingerprint density at radius 2 is 2.05 bits per heavy atom. The Hall–Kier alpha value is -0.860. The average Bonchev–Trinajstić information content (AvgIpc) is 3.04. The van der Waals surface area contributed by atoms with Crippen LogP contribution in [0.5, 0.6) is 0 Å². The third-order valence-corrected chi connectivity index (χ3v) is 5.65. The zero-order chi connectivity index (χ0) is 13.3. The summed E-state index contributed by atoms with van der Waals surface area (Å²) in [7, 11) is 0. The molecule has 102 valence electrons. The lowest BCUT2D eigenvalue weighted by atomic mass is 9.77. The molecule has 1 aromatic carbocycles. The molecular formula is C17H23NS. The number of hydrogen-bond acceptors (Lipinski definition) is 2. The van der Waals surface area contributed by atoms with E-state index in [0.29, 0.717) is 11.5 Å². The molecule has 0 amide bonds. The number of nitrogens with one attached hydrogen (secondary N) is 1. The predicted molar refractivity (Wildman–Crippen MR) is 84.8 cm³/mol. The van der Waals surface area contributed by atoms with E-state index in [9.17, 15) is 0 Å². The van der Waals surface area contributed by atoms with Crippen LogP contribution in [-0.2, 0) is 0 Å². The van der Waals surface area contributed by atoms with Crippen LogP contribution in [0.1, 0.15) is 51.1 Å². The largest absolute Gasteiger partial charge is 0.310 e. The van der Waals surface area contributed by atoms with E-state index in [1.54, 1.807) is 0 Å². The molecule has 2 aromatic rings. The first-order chi connectivity index (χ1) is 9.24. The van der Waals surface area contributed by atoms with Crippen LogP contribution in [0.15, 0.2) is 29.6 Å². The van der Waals surface area contributed by atoms with Gasteiger partial charge in [0.1, 0.15) is 0 Å². The third kappa shape index (κ3) is 2.32. The quantitative estimate of drug-likeness (QED) is 0.814. The Morgan fingerprint density at radius 1 is 1.26 bits per heavy atom. The standard InChI is InChI=1S/C17H23NS/c1-3-18-16(17(2)10-4-5-11-17)14-8-6-7-13-9-12-19-15(13)14/h6-9,12,16,18H,3-5,10-11H2,1-2H3. The van der Waals surface area contributed by atoms with E-state index in [0.717, 1.165) is 6.54 Å². The maximum Gasteiger partial charge on any atom is 0.0390 e. The van der Waals surface area contributed by atoms with Gasteiger partial charge < -0.3 is 5.32 Å². The molecule has 0 spiro atoms. The second-order valence-electron chi connectivity index (χ2n) is 6.04. The zero-order valence-electron chi connectivity index (χ0n) is 11.9. The third-order valence-electron chi connectivity index (χ3n) is 4.67. The molecule has 0 bridgehead atoms. The fourth-order valence-corrected chi connectivity index (χ4v) is 4.60. The van der Waals surface area contributed by atoms with E-state index in [-0.39, 0.29) is 0 Å². The normalized spacial score (nSPS) is 19.9. The van der Waals surface area contributed by atoms with Crippen molar-refractivity contribution in [1.29, 1.82) is 0 Å². The molecule has 19 heavy (non-hydrogen) atoms. The lowest BCUT2D eigenvalue weighted by Crippen LogP contribution is -2.34. The fourth-order valence-electron chi connectivity index (χ4n) is 3.65. The van der Waals surface area contributed by atoms with Gasteiger partial charge in [-0.1, -0.05) is 44.9 Å². The predicted octanol–water partition coefficient (Wildman–Crippen LogP) is 5.13. The Balaban J connectivity index is 2.06. The van der Waals surface area contributed by atoms with E-state index in [2.05, 4.69) is 48.8 Å². The highest BCUT2D eigenvalue weighted by Gasteiger charge is 2.38. The first kappa shape index (κ1) is 13.1. The van der Waals surface area contributed by atoms with E-state index in [4.69, 9.17) is 0 Å². The van der Waals surface area contributed by atoms with Gasteiger partial charge in [-0.05, 0) is 47.2 Å². The Bertz CT molecular complexity index is 551. The average molecular weight is 273 g/mol. The molecule has 0 saturated heterocycles. The molecule has 1 saturated carbocycles. The summed E-state index contributed by atoms with van der Waals surface area (Å²) in [6.45, 7) is 5.74. The van der Waals surface area contributed by atoms with Gasteiger partial charge in [0.25, 0.3) is 0 Å². The van der Waals surface area contributed by atoms with Gasteiger partial charge >= 0.3 is 0 Å². The van der Waals surface area contributed by atoms with Gasteiger partial charge in [-0.25, -0.2) is 0 Å². The first-order valence-corrected chi connectivity index (χ1v) is 8.32. The highest BCUT2D eigenvalue weighted by atomic mass is 32.1. The zero-order valence-corrected chi connectivity index (χ0v) is 12.7. The topological polar surface area (TPSA) is 12.0 Å². The number of benzene rings is 1. The monoisotopic (exact) mass is 273 g/mol. The number of thiophene rings is 1. The number of rotatable bonds is 4. The van der Waals surface area contributed by atoms with Crippen molar-refractivity contribution >= 4 is 21.4 Å². The molecule has 1 aliphatic rings. The van der Waals surface area contributed by atoms with Crippen LogP contribution in [0.4, 0.5) is 0 Å². The van der Waals surface area contributed by atoms with Crippen LogP contribution in [0.25, 0.3) is 10.1 Å². The minimum atomic E-state index is 0.425. The maximum absolute atomic E-state index is 3.77. The summed E-state index contributed by atoms with van der Waals surface area (Å²) in [5.74, 6) is 0. The molecule has 0 aliphatic heterocycles. The molecule has 1 unspecified atom stereocenters. The lowest BCUT2D eigenvalue weighted by molar-refractivity contribution is 0.227. The molecule has 1 nitrogen and oxygen atoms in total. The van der Waals surface area contributed by atoms with Crippen molar-refractivity contribution in [2.45, 2.75) is 45.6 Å². The molecule has 0 radical (unpaired) electrons. The second kappa shape index (κ2) is 5.26. The van der Waals surface area contributed by atoms with Gasteiger partial charge in [0.15, 0.2) is 0 Å². The molecule has 1 N–H and O–H groups in total. The van der Waals surface area contributed by atoms with Crippen molar-refractivity contribution in [2.24, 2.45) is 5.41 Å². The van der Waals surface area contributed by atoms with Crippen LogP contribution in [0, 0.1) is 5.41 Å². The maximum atomic E-state index is 3.77. The molecule has 1 aromatic heterocycles. The van der Waals surface area contributed by atoms with Crippen LogP contribution >= 0.6 is 11.3 Å². The van der Waals surface area contributed by atoms with Crippen molar-refractivity contribution in [1.82, 2.24) is 5.32 Å². The Kier molecular flexibility index (Phi) is 3.64. The molecule has 1 fully saturated rings. The van der Waals surface area contributed by atoms with E-state index in [1.165, 1.54) is 41.3 Å². The summed E-state index contributed by atoms with van der Waals surface area (Å²) in [4.78, 5) is 0. The summed E-state index contributed by atoms with van der Waals surface area (Å²) >= 11 is 1.89. The number of hydrogen-bond donors (Lipinski definition) is 1. The molecule has 1 atom stereocenters. The van der Waals surface area contributed by atoms with Crippen molar-refractivity contribution in [3.8, 4) is 0 Å². The van der Waals surface area contributed by atoms with Gasteiger partial charge in [-0.3, -0.25) is 0 Å². The Morgan fingerprint density at radius 3 is 2.79 bits per heavy atom. The van der Waals surface area contributed by atoms with Crippen LogP contribution in [0.2, 0.25) is 0 Å². The van der Waals surface area contributed by atoms with Crippen molar-refractivity contribution in [3.05, 3.63) is 35.2 Å². The van der Waals surface area contributed by atoms with Crippen molar-refractivity contribution < 1.29 is 0 Å². The minimum Gasteiger partial charge on any atom is -0.310 e. The fraction of sp³-hybridized carbons (Fsp3) is 0.529. The molecule has 1 heterocycles. The van der Waals surface area contributed by atoms with Gasteiger partial charge in [0.2, 0.25) is 0 Å². The molecule has 1 aliphatic carbocycles. The summed E-state index contributed by atoms with van der Waals surface area (Å²) in [6, 6.07) is 9.52. The van der Waals surface area contributed by atoms with Crippen LogP contribution in [0.3, 0.4) is 0 Å². The van der Waals surface area contributed by atoms with Crippen molar-refractivity contribution in [2.75, 3.05) is 6.54 Å². The SMILES string of the molecule is CCNC(c1cccc2ccsc12)C1(C)CCCC1. The summed E-state index contributed by atoms with van der Waals surface area (Å²) in [5.41, 5.74) is 1.94. The highest BCUT2D eigenvalue weighted by Crippen LogP contribution is 2.48. The van der Waals surface area contributed by atoms with E-state index >= 15 is 0 Å². The van der Waals surface area contributed by atoms with Gasteiger partial charge in [0, 0.05) is 10.7 Å². The minimum absolute atomic E-state index is 0.425. The van der Waals surface area contributed by atoms with Gasteiger partial charge in [0.05, 0.1) is 0 Å². The van der Waals surface area contributed by atoms with Crippen molar-refractivity contribution in [3.63, 3.8) is 0 Å². The molecular weight excluding hydrogens is 250 g/mol. The molecule has 2 heteroatoms. The smallest absolute Gasteiger partial charge is 0.0390 e.